The fourth-order valence-electron chi connectivity index (χ4n) is 2.80. The molecule has 0 amide bonds. The predicted molar refractivity (Wildman–Crippen MR) is 64.8 cm³/mol. The first kappa shape index (κ1) is 12.8. The number of nitrogens with zero attached hydrogens (tertiary/aromatic N) is 1. The Balaban J connectivity index is 1.85. The van der Waals surface area contributed by atoms with Crippen LogP contribution in [0.3, 0.4) is 0 Å². The number of esters is 1. The number of carbonyl (C=O) groups is 1. The van der Waals surface area contributed by atoms with E-state index in [0.29, 0.717) is 12.6 Å². The molecule has 2 aliphatic heterocycles. The normalized spacial score (nSPS) is 31.1. The molecule has 2 rings (SSSR count). The molecule has 0 saturated carbocycles. The van der Waals surface area contributed by atoms with Gasteiger partial charge in [-0.05, 0) is 39.2 Å². The van der Waals surface area contributed by atoms with E-state index < -0.39 is 0 Å². The fraction of sp³-hybridized carbons (Fsp3) is 0.923. The van der Waals surface area contributed by atoms with Gasteiger partial charge in [0.15, 0.2) is 0 Å². The highest BCUT2D eigenvalue weighted by Crippen LogP contribution is 2.23. The highest BCUT2D eigenvalue weighted by atomic mass is 16.5. The van der Waals surface area contributed by atoms with Crippen molar-refractivity contribution in [1.29, 1.82) is 0 Å². The summed E-state index contributed by atoms with van der Waals surface area (Å²) < 4.78 is 10.6. The van der Waals surface area contributed by atoms with Crippen molar-refractivity contribution >= 4 is 5.97 Å². The van der Waals surface area contributed by atoms with Crippen molar-refractivity contribution in [2.75, 3.05) is 32.9 Å². The zero-order valence-electron chi connectivity index (χ0n) is 10.7. The van der Waals surface area contributed by atoms with Gasteiger partial charge in [-0.3, -0.25) is 9.69 Å². The second-order valence-electron chi connectivity index (χ2n) is 4.96. The lowest BCUT2D eigenvalue weighted by Crippen LogP contribution is -2.48. The van der Waals surface area contributed by atoms with Crippen molar-refractivity contribution in [2.24, 2.45) is 5.92 Å². The summed E-state index contributed by atoms with van der Waals surface area (Å²) in [5, 5.41) is 0. The Hall–Kier alpha value is -0.610. The van der Waals surface area contributed by atoms with Crippen molar-refractivity contribution < 1.29 is 14.3 Å². The number of hydrogen-bond acceptors (Lipinski definition) is 4. The van der Waals surface area contributed by atoms with Crippen molar-refractivity contribution in [3.05, 3.63) is 0 Å². The van der Waals surface area contributed by atoms with Gasteiger partial charge in [0.2, 0.25) is 0 Å². The summed E-state index contributed by atoms with van der Waals surface area (Å²) in [4.78, 5) is 14.2. The summed E-state index contributed by atoms with van der Waals surface area (Å²) in [6.45, 7) is 6.04. The van der Waals surface area contributed by atoms with Crippen LogP contribution in [-0.2, 0) is 14.3 Å². The summed E-state index contributed by atoms with van der Waals surface area (Å²) in [5.41, 5.74) is 0. The highest BCUT2D eigenvalue weighted by Gasteiger charge is 2.31. The minimum atomic E-state index is -0.0195. The fourth-order valence-corrected chi connectivity index (χ4v) is 2.80. The first-order valence-electron chi connectivity index (χ1n) is 6.79. The average Bonchev–Trinajstić information content (AvgIpc) is 2.40. The zero-order valence-corrected chi connectivity index (χ0v) is 10.7. The molecule has 0 spiro atoms. The average molecular weight is 241 g/mol. The van der Waals surface area contributed by atoms with Crippen LogP contribution in [0.2, 0.25) is 0 Å². The summed E-state index contributed by atoms with van der Waals surface area (Å²) in [5.74, 6) is 0.0551. The van der Waals surface area contributed by atoms with Gasteiger partial charge in [0, 0.05) is 19.2 Å². The molecule has 0 bridgehead atoms. The summed E-state index contributed by atoms with van der Waals surface area (Å²) in [7, 11) is 0. The lowest BCUT2D eigenvalue weighted by molar-refractivity contribution is -0.150. The van der Waals surface area contributed by atoms with Crippen LogP contribution in [0.4, 0.5) is 0 Å². The van der Waals surface area contributed by atoms with Gasteiger partial charge >= 0.3 is 5.97 Å². The first-order valence-corrected chi connectivity index (χ1v) is 6.79. The van der Waals surface area contributed by atoms with E-state index in [0.717, 1.165) is 45.6 Å². The van der Waals surface area contributed by atoms with Gasteiger partial charge in [-0.25, -0.2) is 0 Å². The Bertz CT molecular complexity index is 251. The van der Waals surface area contributed by atoms with Gasteiger partial charge in [-0.1, -0.05) is 0 Å². The maximum absolute atomic E-state index is 11.7. The van der Waals surface area contributed by atoms with E-state index in [9.17, 15) is 4.79 Å². The van der Waals surface area contributed by atoms with Gasteiger partial charge in [0.1, 0.15) is 0 Å². The molecule has 0 radical (unpaired) electrons. The highest BCUT2D eigenvalue weighted by molar-refractivity contribution is 5.72. The van der Waals surface area contributed by atoms with E-state index in [-0.39, 0.29) is 11.9 Å². The Morgan fingerprint density at radius 1 is 1.41 bits per heavy atom. The van der Waals surface area contributed by atoms with Gasteiger partial charge in [-0.2, -0.15) is 0 Å². The molecule has 0 N–H and O–H groups in total. The Morgan fingerprint density at radius 3 is 3.00 bits per heavy atom. The van der Waals surface area contributed by atoms with Crippen LogP contribution < -0.4 is 0 Å². The van der Waals surface area contributed by atoms with E-state index in [4.69, 9.17) is 9.47 Å². The molecule has 2 saturated heterocycles. The molecule has 2 fully saturated rings. The van der Waals surface area contributed by atoms with Crippen molar-refractivity contribution in [2.45, 2.75) is 38.6 Å². The quantitative estimate of drug-likeness (QED) is 0.701. The topological polar surface area (TPSA) is 38.8 Å². The first-order chi connectivity index (χ1) is 8.31. The number of ether oxygens (including phenoxy) is 2. The van der Waals surface area contributed by atoms with Crippen molar-refractivity contribution in [3.63, 3.8) is 0 Å². The van der Waals surface area contributed by atoms with E-state index in [1.54, 1.807) is 0 Å². The minimum Gasteiger partial charge on any atom is -0.466 e. The number of carbonyl (C=O) groups excluding carboxylic acids is 1. The maximum atomic E-state index is 11.7. The standard InChI is InChI=1S/C13H23NO3/c1-2-17-13(15)11-5-3-7-14(9-11)12-6-4-8-16-10-12/h11-12H,2-10H2,1H3/t11-,12?/m1/s1. The van der Waals surface area contributed by atoms with Crippen molar-refractivity contribution in [1.82, 2.24) is 4.90 Å². The smallest absolute Gasteiger partial charge is 0.310 e. The monoisotopic (exact) mass is 241 g/mol. The molecule has 17 heavy (non-hydrogen) atoms. The van der Waals surface area contributed by atoms with Gasteiger partial charge in [0.25, 0.3) is 0 Å². The van der Waals surface area contributed by atoms with Crippen LogP contribution in [0.15, 0.2) is 0 Å². The summed E-state index contributed by atoms with van der Waals surface area (Å²) in [6.07, 6.45) is 4.42. The number of rotatable bonds is 3. The van der Waals surface area contributed by atoms with Crippen LogP contribution in [0.25, 0.3) is 0 Å². The maximum Gasteiger partial charge on any atom is 0.310 e. The molecule has 2 heterocycles. The Morgan fingerprint density at radius 2 is 2.29 bits per heavy atom. The number of piperidine rings is 1. The molecule has 1 unspecified atom stereocenters. The van der Waals surface area contributed by atoms with E-state index in [1.165, 1.54) is 6.42 Å². The largest absolute Gasteiger partial charge is 0.466 e. The van der Waals surface area contributed by atoms with Crippen LogP contribution in [-0.4, -0.2) is 49.8 Å². The van der Waals surface area contributed by atoms with Crippen molar-refractivity contribution in [3.8, 4) is 0 Å². The molecule has 98 valence electrons. The lowest BCUT2D eigenvalue weighted by atomic mass is 9.95. The van der Waals surface area contributed by atoms with Gasteiger partial charge < -0.3 is 9.47 Å². The molecular formula is C13H23NO3. The Kier molecular flexibility index (Phi) is 4.80. The minimum absolute atomic E-state index is 0.0195. The molecule has 0 aliphatic carbocycles. The lowest BCUT2D eigenvalue weighted by Gasteiger charge is -2.38. The molecule has 0 aromatic heterocycles. The zero-order chi connectivity index (χ0) is 12.1. The van der Waals surface area contributed by atoms with Crippen LogP contribution >= 0.6 is 0 Å². The second-order valence-corrected chi connectivity index (χ2v) is 4.96. The summed E-state index contributed by atoms with van der Waals surface area (Å²) >= 11 is 0. The van der Waals surface area contributed by atoms with E-state index in [2.05, 4.69) is 4.90 Å². The van der Waals surface area contributed by atoms with E-state index >= 15 is 0 Å². The molecule has 2 atom stereocenters. The molecule has 0 aromatic carbocycles. The molecule has 2 aliphatic rings. The molecule has 4 heteroatoms. The second kappa shape index (κ2) is 6.36. The predicted octanol–water partition coefficient (Wildman–Crippen LogP) is 1.44. The SMILES string of the molecule is CCOC(=O)[C@@H]1CCCN(C2CCCOC2)C1. The van der Waals surface area contributed by atoms with E-state index in [1.807, 2.05) is 6.92 Å². The Labute approximate surface area is 103 Å². The van der Waals surface area contributed by atoms with Crippen LogP contribution in [0, 0.1) is 5.92 Å². The number of likely N-dealkylation sites (tertiary alicyclic amines) is 1. The molecule has 4 nitrogen and oxygen atoms in total. The number of hydrogen-bond donors (Lipinski definition) is 0. The van der Waals surface area contributed by atoms with Crippen LogP contribution in [0.5, 0.6) is 0 Å². The third-order valence-corrected chi connectivity index (χ3v) is 3.73. The third-order valence-electron chi connectivity index (χ3n) is 3.73. The van der Waals surface area contributed by atoms with Crippen LogP contribution in [0.1, 0.15) is 32.6 Å². The van der Waals surface area contributed by atoms with Gasteiger partial charge in [-0.15, -0.1) is 0 Å². The van der Waals surface area contributed by atoms with Gasteiger partial charge in [0.05, 0.1) is 19.1 Å². The summed E-state index contributed by atoms with van der Waals surface area (Å²) in [6, 6.07) is 0.515. The molecule has 0 aromatic rings. The molecular weight excluding hydrogens is 218 g/mol. The third kappa shape index (κ3) is 3.42.